The molecule has 0 spiro atoms. The van der Waals surface area contributed by atoms with Crippen molar-refractivity contribution in [2.75, 3.05) is 13.1 Å². The quantitative estimate of drug-likeness (QED) is 0.668. The zero-order chi connectivity index (χ0) is 18.1. The van der Waals surface area contributed by atoms with E-state index in [2.05, 4.69) is 39.3 Å². The Balaban J connectivity index is 1.58. The van der Waals surface area contributed by atoms with Crippen LogP contribution in [0.15, 0.2) is 40.9 Å². The average molecular weight is 413 g/mol. The highest BCUT2D eigenvalue weighted by molar-refractivity contribution is 9.10. The van der Waals surface area contributed by atoms with Gasteiger partial charge in [-0.1, -0.05) is 34.5 Å². The molecule has 0 saturated carbocycles. The fourth-order valence-corrected chi connectivity index (χ4v) is 3.93. The SMILES string of the molecule is Cc1cccc2[nH]c(-c3ccc(C(=O)NN4CCCCC4)cc3Br)nc12. The summed E-state index contributed by atoms with van der Waals surface area (Å²) < 4.78 is 0.848. The number of H-pyrrole nitrogens is 1. The number of aromatic nitrogens is 2. The van der Waals surface area contributed by atoms with Crippen LogP contribution in [0.4, 0.5) is 0 Å². The van der Waals surface area contributed by atoms with Gasteiger partial charge in [0.2, 0.25) is 0 Å². The normalized spacial score (nSPS) is 15.3. The van der Waals surface area contributed by atoms with Crippen molar-refractivity contribution in [3.8, 4) is 11.4 Å². The molecule has 2 aromatic carbocycles. The summed E-state index contributed by atoms with van der Waals surface area (Å²) >= 11 is 3.60. The summed E-state index contributed by atoms with van der Waals surface area (Å²) in [5, 5.41) is 2.01. The van der Waals surface area contributed by atoms with Gasteiger partial charge in [-0.25, -0.2) is 9.99 Å². The van der Waals surface area contributed by atoms with Crippen LogP contribution < -0.4 is 5.43 Å². The monoisotopic (exact) mass is 412 g/mol. The number of hydrogen-bond acceptors (Lipinski definition) is 3. The fraction of sp³-hybridized carbons (Fsp3) is 0.300. The van der Waals surface area contributed by atoms with Crippen LogP contribution in [-0.4, -0.2) is 34.0 Å². The van der Waals surface area contributed by atoms with Crippen LogP contribution in [0.5, 0.6) is 0 Å². The number of fused-ring (bicyclic) bond motifs is 1. The van der Waals surface area contributed by atoms with E-state index < -0.39 is 0 Å². The maximum absolute atomic E-state index is 12.5. The van der Waals surface area contributed by atoms with Gasteiger partial charge < -0.3 is 4.98 Å². The molecule has 1 aliphatic rings. The van der Waals surface area contributed by atoms with Crippen LogP contribution >= 0.6 is 15.9 Å². The number of nitrogens with one attached hydrogen (secondary N) is 2. The second kappa shape index (κ2) is 7.21. The summed E-state index contributed by atoms with van der Waals surface area (Å²) in [6.07, 6.45) is 3.51. The van der Waals surface area contributed by atoms with Crippen molar-refractivity contribution in [2.45, 2.75) is 26.2 Å². The number of halogens is 1. The predicted octanol–water partition coefficient (Wildman–Crippen LogP) is 4.43. The second-order valence-corrected chi connectivity index (χ2v) is 7.59. The van der Waals surface area contributed by atoms with Crippen LogP contribution in [0.3, 0.4) is 0 Å². The first kappa shape index (κ1) is 17.2. The minimum atomic E-state index is -0.0698. The van der Waals surface area contributed by atoms with E-state index in [1.165, 1.54) is 6.42 Å². The topological polar surface area (TPSA) is 61.0 Å². The van der Waals surface area contributed by atoms with Crippen molar-refractivity contribution in [1.82, 2.24) is 20.4 Å². The van der Waals surface area contributed by atoms with Crippen molar-refractivity contribution < 1.29 is 4.79 Å². The lowest BCUT2D eigenvalue weighted by molar-refractivity contribution is 0.0750. The molecule has 134 valence electrons. The van der Waals surface area contributed by atoms with E-state index >= 15 is 0 Å². The molecular formula is C20H21BrN4O. The molecule has 1 aliphatic heterocycles. The molecule has 4 rings (SSSR count). The molecule has 0 atom stereocenters. The first-order valence-corrected chi connectivity index (χ1v) is 9.72. The number of amides is 1. The Morgan fingerprint density at radius 2 is 2.00 bits per heavy atom. The lowest BCUT2D eigenvalue weighted by atomic mass is 10.1. The highest BCUT2D eigenvalue weighted by Gasteiger charge is 2.16. The van der Waals surface area contributed by atoms with Gasteiger partial charge in [0, 0.05) is 28.7 Å². The molecule has 0 unspecified atom stereocenters. The fourth-order valence-electron chi connectivity index (χ4n) is 3.37. The van der Waals surface area contributed by atoms with Gasteiger partial charge >= 0.3 is 0 Å². The Morgan fingerprint density at radius 1 is 1.19 bits per heavy atom. The van der Waals surface area contributed by atoms with Gasteiger partial charge in [-0.05, 0) is 49.6 Å². The van der Waals surface area contributed by atoms with Crippen molar-refractivity contribution >= 4 is 32.9 Å². The summed E-state index contributed by atoms with van der Waals surface area (Å²) in [5.41, 5.74) is 7.70. The number of piperidine rings is 1. The van der Waals surface area contributed by atoms with Crippen molar-refractivity contribution in [1.29, 1.82) is 0 Å². The number of hydrazine groups is 1. The molecule has 3 aromatic rings. The van der Waals surface area contributed by atoms with Crippen molar-refractivity contribution in [3.05, 3.63) is 52.0 Å². The van der Waals surface area contributed by atoms with E-state index in [9.17, 15) is 4.79 Å². The first-order chi connectivity index (χ1) is 12.6. The molecule has 0 radical (unpaired) electrons. The highest BCUT2D eigenvalue weighted by Crippen LogP contribution is 2.29. The summed E-state index contributed by atoms with van der Waals surface area (Å²) in [4.78, 5) is 20.6. The molecule has 26 heavy (non-hydrogen) atoms. The molecule has 2 N–H and O–H groups in total. The molecule has 2 heterocycles. The maximum atomic E-state index is 12.5. The lowest BCUT2D eigenvalue weighted by Gasteiger charge is -2.26. The minimum Gasteiger partial charge on any atom is -0.338 e. The summed E-state index contributed by atoms with van der Waals surface area (Å²) in [6.45, 7) is 3.89. The lowest BCUT2D eigenvalue weighted by Crippen LogP contribution is -2.45. The van der Waals surface area contributed by atoms with E-state index in [1.807, 2.05) is 35.3 Å². The number of hydrogen-bond donors (Lipinski definition) is 2. The Kier molecular flexibility index (Phi) is 4.78. The average Bonchev–Trinajstić information content (AvgIpc) is 3.08. The number of aryl methyl sites for hydroxylation is 1. The van der Waals surface area contributed by atoms with Crippen LogP contribution in [-0.2, 0) is 0 Å². The second-order valence-electron chi connectivity index (χ2n) is 6.74. The number of nitrogens with zero attached hydrogens (tertiary/aromatic N) is 2. The third-order valence-corrected chi connectivity index (χ3v) is 5.47. The Labute approximate surface area is 160 Å². The molecule has 0 bridgehead atoms. The number of rotatable bonds is 3. The largest absolute Gasteiger partial charge is 0.338 e. The molecule has 6 heteroatoms. The van der Waals surface area contributed by atoms with E-state index in [0.717, 1.165) is 58.4 Å². The van der Waals surface area contributed by atoms with E-state index in [4.69, 9.17) is 4.98 Å². The molecule has 1 fully saturated rings. The van der Waals surface area contributed by atoms with E-state index in [0.29, 0.717) is 5.56 Å². The summed E-state index contributed by atoms with van der Waals surface area (Å²) in [5.74, 6) is 0.726. The minimum absolute atomic E-state index is 0.0698. The Hall–Kier alpha value is -2.18. The van der Waals surface area contributed by atoms with Crippen molar-refractivity contribution in [2.24, 2.45) is 0 Å². The number of imidazole rings is 1. The maximum Gasteiger partial charge on any atom is 0.265 e. The van der Waals surface area contributed by atoms with Gasteiger partial charge in [0.1, 0.15) is 5.82 Å². The van der Waals surface area contributed by atoms with Gasteiger partial charge in [-0.3, -0.25) is 10.2 Å². The van der Waals surface area contributed by atoms with Gasteiger partial charge in [-0.15, -0.1) is 0 Å². The van der Waals surface area contributed by atoms with Crippen molar-refractivity contribution in [3.63, 3.8) is 0 Å². The van der Waals surface area contributed by atoms with Gasteiger partial charge in [-0.2, -0.15) is 0 Å². The first-order valence-electron chi connectivity index (χ1n) is 8.93. The molecule has 1 aromatic heterocycles. The molecular weight excluding hydrogens is 392 g/mol. The van der Waals surface area contributed by atoms with Gasteiger partial charge in [0.15, 0.2) is 0 Å². The van der Waals surface area contributed by atoms with Crippen LogP contribution in [0.25, 0.3) is 22.4 Å². The number of carbonyl (C=O) groups is 1. The van der Waals surface area contributed by atoms with E-state index in [-0.39, 0.29) is 5.91 Å². The predicted molar refractivity (Wildman–Crippen MR) is 107 cm³/mol. The van der Waals surface area contributed by atoms with Gasteiger partial charge in [0.05, 0.1) is 11.0 Å². The van der Waals surface area contributed by atoms with Crippen LogP contribution in [0.2, 0.25) is 0 Å². The Morgan fingerprint density at radius 3 is 2.73 bits per heavy atom. The van der Waals surface area contributed by atoms with E-state index in [1.54, 1.807) is 0 Å². The van der Waals surface area contributed by atoms with Crippen LogP contribution in [0.1, 0.15) is 35.2 Å². The molecule has 1 saturated heterocycles. The zero-order valence-electron chi connectivity index (χ0n) is 14.7. The highest BCUT2D eigenvalue weighted by atomic mass is 79.9. The van der Waals surface area contributed by atoms with Gasteiger partial charge in [0.25, 0.3) is 5.91 Å². The number of carbonyl (C=O) groups excluding carboxylic acids is 1. The summed E-state index contributed by atoms with van der Waals surface area (Å²) in [7, 11) is 0. The zero-order valence-corrected chi connectivity index (χ0v) is 16.3. The number of benzene rings is 2. The third-order valence-electron chi connectivity index (χ3n) is 4.82. The standard InChI is InChI=1S/C20H21BrN4O/c1-13-6-5-7-17-18(13)23-19(22-17)15-9-8-14(12-16(15)21)20(26)24-25-10-3-2-4-11-25/h5-9,12H,2-4,10-11H2,1H3,(H,22,23)(H,24,26). The van der Waals surface area contributed by atoms with Crippen LogP contribution in [0, 0.1) is 6.92 Å². The number of aromatic amines is 1. The summed E-state index contributed by atoms with van der Waals surface area (Å²) in [6, 6.07) is 11.7. The number of para-hydroxylation sites is 1. The smallest absolute Gasteiger partial charge is 0.265 e. The molecule has 5 nitrogen and oxygen atoms in total. The molecule has 0 aliphatic carbocycles. The Bertz CT molecular complexity index is 960. The molecule has 1 amide bonds. The third kappa shape index (κ3) is 3.39.